The van der Waals surface area contributed by atoms with Crippen molar-refractivity contribution >= 4 is 33.5 Å². The maximum atomic E-state index is 12.8. The zero-order valence-corrected chi connectivity index (χ0v) is 13.9. The molecule has 22 heavy (non-hydrogen) atoms. The first-order chi connectivity index (χ1) is 10.6. The Hall–Kier alpha value is -1.36. The minimum Gasteiger partial charge on any atom is -0.461 e. The second-order valence-electron chi connectivity index (χ2n) is 6.46. The van der Waals surface area contributed by atoms with Gasteiger partial charge in [-0.15, -0.1) is 0 Å². The Morgan fingerprint density at radius 2 is 2.14 bits per heavy atom. The highest BCUT2D eigenvalue weighted by molar-refractivity contribution is 9.09. The van der Waals surface area contributed by atoms with Gasteiger partial charge in [-0.3, -0.25) is 9.59 Å². The zero-order chi connectivity index (χ0) is 15.4. The van der Waals surface area contributed by atoms with Crippen LogP contribution in [0.15, 0.2) is 24.3 Å². The summed E-state index contributed by atoms with van der Waals surface area (Å²) in [5, 5.41) is 3.04. The lowest BCUT2D eigenvalue weighted by Gasteiger charge is -2.27. The summed E-state index contributed by atoms with van der Waals surface area (Å²) in [7, 11) is 0. The summed E-state index contributed by atoms with van der Waals surface area (Å²) in [5.41, 5.74) is 1.97. The Labute approximate surface area is 137 Å². The minimum absolute atomic E-state index is 0.0329. The van der Waals surface area contributed by atoms with Crippen LogP contribution in [0.1, 0.15) is 18.9 Å². The third-order valence-electron chi connectivity index (χ3n) is 5.48. The average Bonchev–Trinajstić information content (AvgIpc) is 3.12. The Kier molecular flexibility index (Phi) is 3.29. The molecular formula is C17H18BrNO3. The number of para-hydroxylation sites is 1. The van der Waals surface area contributed by atoms with Crippen LogP contribution in [0.4, 0.5) is 5.69 Å². The van der Waals surface area contributed by atoms with E-state index in [-0.39, 0.29) is 46.5 Å². The minimum atomic E-state index is -0.273. The van der Waals surface area contributed by atoms with Gasteiger partial charge in [0.05, 0.1) is 16.7 Å². The van der Waals surface area contributed by atoms with Gasteiger partial charge in [0.25, 0.3) is 0 Å². The van der Waals surface area contributed by atoms with E-state index in [9.17, 15) is 9.59 Å². The molecular weight excluding hydrogens is 346 g/mol. The van der Waals surface area contributed by atoms with E-state index >= 15 is 0 Å². The molecule has 4 nitrogen and oxygen atoms in total. The van der Waals surface area contributed by atoms with Crippen molar-refractivity contribution in [1.82, 2.24) is 0 Å². The molecule has 1 saturated heterocycles. The van der Waals surface area contributed by atoms with Crippen molar-refractivity contribution in [2.45, 2.75) is 30.7 Å². The predicted molar refractivity (Wildman–Crippen MR) is 85.6 cm³/mol. The topological polar surface area (TPSA) is 55.4 Å². The lowest BCUT2D eigenvalue weighted by Crippen LogP contribution is -2.40. The number of nitrogens with one attached hydrogen (secondary N) is 1. The molecule has 0 unspecified atom stereocenters. The van der Waals surface area contributed by atoms with Gasteiger partial charge in [0.2, 0.25) is 5.91 Å². The number of benzene rings is 1. The number of alkyl halides is 1. The molecule has 0 spiro atoms. The first-order valence-electron chi connectivity index (χ1n) is 7.85. The zero-order valence-electron chi connectivity index (χ0n) is 12.3. The maximum absolute atomic E-state index is 12.8. The molecule has 2 bridgehead atoms. The number of aryl methyl sites for hydroxylation is 1. The fourth-order valence-electron chi connectivity index (χ4n) is 4.50. The first-order valence-corrected chi connectivity index (χ1v) is 8.76. The van der Waals surface area contributed by atoms with Gasteiger partial charge in [-0.2, -0.15) is 0 Å². The molecule has 116 valence electrons. The van der Waals surface area contributed by atoms with Gasteiger partial charge in [0, 0.05) is 11.6 Å². The van der Waals surface area contributed by atoms with Crippen LogP contribution in [0.3, 0.4) is 0 Å². The number of esters is 1. The number of amides is 1. The van der Waals surface area contributed by atoms with Crippen molar-refractivity contribution < 1.29 is 14.3 Å². The van der Waals surface area contributed by atoms with E-state index in [2.05, 4.69) is 28.2 Å². The Morgan fingerprint density at radius 3 is 2.91 bits per heavy atom. The van der Waals surface area contributed by atoms with Crippen molar-refractivity contribution in [2.75, 3.05) is 5.32 Å². The number of anilines is 1. The number of carbonyl (C=O) groups is 2. The summed E-state index contributed by atoms with van der Waals surface area (Å²) in [6.07, 6.45) is 1.74. The van der Waals surface area contributed by atoms with Crippen molar-refractivity contribution in [2.24, 2.45) is 23.7 Å². The smallest absolute Gasteiger partial charge is 0.310 e. The summed E-state index contributed by atoms with van der Waals surface area (Å²) in [6.45, 7) is 2.07. The third kappa shape index (κ3) is 1.87. The molecule has 0 aromatic heterocycles. The quantitative estimate of drug-likeness (QED) is 0.663. The normalized spacial score (nSPS) is 38.2. The summed E-state index contributed by atoms with van der Waals surface area (Å²) < 4.78 is 5.46. The molecule has 0 radical (unpaired) electrons. The second kappa shape index (κ2) is 5.08. The lowest BCUT2D eigenvalue weighted by atomic mass is 9.79. The van der Waals surface area contributed by atoms with Crippen LogP contribution in [0.2, 0.25) is 0 Å². The second-order valence-corrected chi connectivity index (χ2v) is 7.52. The molecule has 1 amide bonds. The molecule has 6 atom stereocenters. The fourth-order valence-corrected chi connectivity index (χ4v) is 5.54. The largest absolute Gasteiger partial charge is 0.461 e. The molecule has 1 aliphatic heterocycles. The van der Waals surface area contributed by atoms with E-state index in [0.29, 0.717) is 0 Å². The highest BCUT2D eigenvalue weighted by Gasteiger charge is 2.67. The van der Waals surface area contributed by atoms with Crippen molar-refractivity contribution in [1.29, 1.82) is 0 Å². The standard InChI is InChI=1S/C17H18BrNO3/c1-2-8-5-3-4-6-11(8)19-16(20)12-9-7-10-13(12)17(21)22-15(10)14(9)18/h3-6,9-10,12-15H,2,7H2,1H3,(H,19,20)/t9-,10-,12-,13+,14-,15+/m1/s1. The Balaban J connectivity index is 1.60. The van der Waals surface area contributed by atoms with Gasteiger partial charge < -0.3 is 10.1 Å². The van der Waals surface area contributed by atoms with Crippen LogP contribution in [0.5, 0.6) is 0 Å². The average molecular weight is 364 g/mol. The number of hydrogen-bond acceptors (Lipinski definition) is 3. The SMILES string of the molecule is CCc1ccccc1NC(=O)[C@@H]1[C@H]2C[C@H]3[C@H](OC(=O)[C@@H]31)[C@@H]2Br. The highest BCUT2D eigenvalue weighted by atomic mass is 79.9. The summed E-state index contributed by atoms with van der Waals surface area (Å²) >= 11 is 3.64. The lowest BCUT2D eigenvalue weighted by molar-refractivity contribution is -0.145. The molecule has 2 saturated carbocycles. The fraction of sp³-hybridized carbons (Fsp3) is 0.529. The molecule has 1 aromatic rings. The van der Waals surface area contributed by atoms with Gasteiger partial charge in [-0.05, 0) is 30.4 Å². The first kappa shape index (κ1) is 14.2. The Bertz CT molecular complexity index is 647. The summed E-state index contributed by atoms with van der Waals surface area (Å²) in [4.78, 5) is 25.0. The van der Waals surface area contributed by atoms with Gasteiger partial charge >= 0.3 is 5.97 Å². The van der Waals surface area contributed by atoms with Crippen molar-refractivity contribution in [3.8, 4) is 0 Å². The van der Waals surface area contributed by atoms with E-state index in [1.54, 1.807) is 0 Å². The molecule has 1 heterocycles. The highest BCUT2D eigenvalue weighted by Crippen LogP contribution is 2.60. The van der Waals surface area contributed by atoms with Gasteiger partial charge in [-0.25, -0.2) is 0 Å². The summed E-state index contributed by atoms with van der Waals surface area (Å²) in [6, 6.07) is 7.83. The van der Waals surface area contributed by atoms with Crippen LogP contribution in [-0.4, -0.2) is 22.8 Å². The third-order valence-corrected chi connectivity index (χ3v) is 6.68. The van der Waals surface area contributed by atoms with Crippen molar-refractivity contribution in [3.63, 3.8) is 0 Å². The molecule has 3 aliphatic rings. The number of hydrogen-bond donors (Lipinski definition) is 1. The Morgan fingerprint density at radius 1 is 1.36 bits per heavy atom. The molecule has 4 rings (SSSR count). The number of carbonyl (C=O) groups excluding carboxylic acids is 2. The predicted octanol–water partition coefficient (Wildman–Crippen LogP) is 2.76. The van der Waals surface area contributed by atoms with Gasteiger partial charge in [-0.1, -0.05) is 41.1 Å². The van der Waals surface area contributed by atoms with E-state index in [4.69, 9.17) is 4.74 Å². The van der Waals surface area contributed by atoms with E-state index in [1.807, 2.05) is 24.3 Å². The van der Waals surface area contributed by atoms with Crippen LogP contribution in [0, 0.1) is 23.7 Å². The molecule has 1 N–H and O–H groups in total. The van der Waals surface area contributed by atoms with Crippen LogP contribution >= 0.6 is 15.9 Å². The molecule has 3 fully saturated rings. The maximum Gasteiger partial charge on any atom is 0.310 e. The monoisotopic (exact) mass is 363 g/mol. The number of ether oxygens (including phenoxy) is 1. The number of halogens is 1. The van der Waals surface area contributed by atoms with E-state index < -0.39 is 0 Å². The van der Waals surface area contributed by atoms with Crippen molar-refractivity contribution in [3.05, 3.63) is 29.8 Å². The van der Waals surface area contributed by atoms with Crippen LogP contribution in [0.25, 0.3) is 0 Å². The summed E-state index contributed by atoms with van der Waals surface area (Å²) in [5.74, 6) is -0.356. The van der Waals surface area contributed by atoms with Crippen LogP contribution < -0.4 is 5.32 Å². The van der Waals surface area contributed by atoms with Crippen LogP contribution in [-0.2, 0) is 20.7 Å². The van der Waals surface area contributed by atoms with E-state index in [0.717, 1.165) is 24.1 Å². The molecule has 1 aromatic carbocycles. The van der Waals surface area contributed by atoms with E-state index in [1.165, 1.54) is 0 Å². The molecule has 5 heteroatoms. The van der Waals surface area contributed by atoms with Gasteiger partial charge in [0.15, 0.2) is 0 Å². The van der Waals surface area contributed by atoms with Gasteiger partial charge in [0.1, 0.15) is 6.10 Å². The number of rotatable bonds is 3. The molecule has 2 aliphatic carbocycles. The number of fused-ring (bicyclic) bond motifs is 1.